The fourth-order valence-electron chi connectivity index (χ4n) is 2.46. The molecule has 0 aromatic rings. The molecule has 108 valence electrons. The number of likely N-dealkylation sites (N-methyl/N-ethyl adjacent to an activating group) is 1. The first-order valence-corrected chi connectivity index (χ1v) is 6.21. The summed E-state index contributed by atoms with van der Waals surface area (Å²) in [6.07, 6.45) is 0. The Kier molecular flexibility index (Phi) is 4.88. The zero-order chi connectivity index (χ0) is 14.6. The molecule has 0 aromatic carbocycles. The maximum absolute atomic E-state index is 12.1. The molecule has 0 saturated carbocycles. The standard InChI is InChI=1S/C12H21N3O4/c1-6-15(7-2)9-8(3)13-14-12(9,10(16)18-4)11(17)19-5/h9,14H,6-7H2,1-5H3/t9-/m0/s1. The van der Waals surface area contributed by atoms with Gasteiger partial charge in [0.05, 0.1) is 26.0 Å². The molecule has 0 amide bonds. The van der Waals surface area contributed by atoms with Gasteiger partial charge in [0, 0.05) is 0 Å². The molecule has 19 heavy (non-hydrogen) atoms. The Balaban J connectivity index is 3.30. The van der Waals surface area contributed by atoms with Gasteiger partial charge in [0.2, 0.25) is 0 Å². The van der Waals surface area contributed by atoms with Crippen LogP contribution >= 0.6 is 0 Å². The van der Waals surface area contributed by atoms with Crippen molar-refractivity contribution in [2.24, 2.45) is 5.10 Å². The highest BCUT2D eigenvalue weighted by atomic mass is 16.5. The van der Waals surface area contributed by atoms with E-state index in [-0.39, 0.29) is 0 Å². The first-order valence-electron chi connectivity index (χ1n) is 6.21. The molecule has 0 radical (unpaired) electrons. The molecule has 1 aliphatic rings. The monoisotopic (exact) mass is 271 g/mol. The summed E-state index contributed by atoms with van der Waals surface area (Å²) in [5, 5.41) is 4.05. The van der Waals surface area contributed by atoms with Crippen LogP contribution in [0.5, 0.6) is 0 Å². The summed E-state index contributed by atoms with van der Waals surface area (Å²) in [6.45, 7) is 7.02. The van der Waals surface area contributed by atoms with Gasteiger partial charge in [-0.05, 0) is 20.0 Å². The van der Waals surface area contributed by atoms with Crippen LogP contribution in [0.1, 0.15) is 20.8 Å². The maximum Gasteiger partial charge on any atom is 0.347 e. The van der Waals surface area contributed by atoms with E-state index in [4.69, 9.17) is 9.47 Å². The number of methoxy groups -OCH3 is 2. The van der Waals surface area contributed by atoms with Gasteiger partial charge in [0.25, 0.3) is 5.54 Å². The van der Waals surface area contributed by atoms with Crippen molar-refractivity contribution in [3.63, 3.8) is 0 Å². The Labute approximate surface area is 112 Å². The highest BCUT2D eigenvalue weighted by Crippen LogP contribution is 2.26. The zero-order valence-electron chi connectivity index (χ0n) is 12.0. The van der Waals surface area contributed by atoms with Crippen molar-refractivity contribution in [1.29, 1.82) is 0 Å². The molecular formula is C12H21N3O4. The quantitative estimate of drug-likeness (QED) is 0.549. The van der Waals surface area contributed by atoms with Crippen LogP contribution in [0, 0.1) is 0 Å². The summed E-state index contributed by atoms with van der Waals surface area (Å²) in [7, 11) is 2.48. The molecule has 7 heteroatoms. The van der Waals surface area contributed by atoms with Gasteiger partial charge in [0.1, 0.15) is 0 Å². The topological polar surface area (TPSA) is 80.2 Å². The smallest absolute Gasteiger partial charge is 0.347 e. The van der Waals surface area contributed by atoms with Gasteiger partial charge in [-0.25, -0.2) is 9.59 Å². The van der Waals surface area contributed by atoms with E-state index in [0.717, 1.165) is 0 Å². The van der Waals surface area contributed by atoms with Crippen molar-refractivity contribution < 1.29 is 19.1 Å². The van der Waals surface area contributed by atoms with E-state index in [2.05, 4.69) is 10.5 Å². The van der Waals surface area contributed by atoms with Crippen LogP contribution in [-0.2, 0) is 19.1 Å². The lowest BCUT2D eigenvalue weighted by atomic mass is 9.87. The van der Waals surface area contributed by atoms with Crippen molar-refractivity contribution in [3.05, 3.63) is 0 Å². The molecule has 0 unspecified atom stereocenters. The van der Waals surface area contributed by atoms with E-state index >= 15 is 0 Å². The second-order valence-corrected chi connectivity index (χ2v) is 4.28. The molecule has 0 aromatic heterocycles. The second kappa shape index (κ2) is 6.01. The molecule has 0 aliphatic carbocycles. The van der Waals surface area contributed by atoms with Crippen LogP contribution in [-0.4, -0.2) is 61.4 Å². The van der Waals surface area contributed by atoms with Crippen molar-refractivity contribution in [1.82, 2.24) is 10.3 Å². The summed E-state index contributed by atoms with van der Waals surface area (Å²) < 4.78 is 9.55. The Morgan fingerprint density at radius 2 is 1.74 bits per heavy atom. The summed E-state index contributed by atoms with van der Waals surface area (Å²) in [4.78, 5) is 26.3. The number of hydrogen-bond acceptors (Lipinski definition) is 7. The van der Waals surface area contributed by atoms with E-state index in [1.165, 1.54) is 14.2 Å². The zero-order valence-corrected chi connectivity index (χ0v) is 12.0. The lowest BCUT2D eigenvalue weighted by Gasteiger charge is -2.36. The van der Waals surface area contributed by atoms with Crippen LogP contribution in [0.3, 0.4) is 0 Å². The summed E-state index contributed by atoms with van der Waals surface area (Å²) in [5.74, 6) is -1.39. The molecule has 1 atom stereocenters. The third-order valence-electron chi connectivity index (χ3n) is 3.41. The number of hydrazone groups is 1. The van der Waals surface area contributed by atoms with Crippen molar-refractivity contribution in [2.45, 2.75) is 32.4 Å². The Hall–Kier alpha value is -1.63. The molecule has 1 heterocycles. The van der Waals surface area contributed by atoms with Crippen molar-refractivity contribution >= 4 is 17.7 Å². The lowest BCUT2D eigenvalue weighted by Crippen LogP contribution is -2.67. The Morgan fingerprint density at radius 3 is 2.11 bits per heavy atom. The van der Waals surface area contributed by atoms with Gasteiger partial charge in [-0.1, -0.05) is 13.8 Å². The molecule has 0 saturated heterocycles. The number of carbonyl (C=O) groups excluding carboxylic acids is 2. The minimum absolute atomic E-state index is 0.512. The minimum atomic E-state index is -1.63. The number of hydrogen-bond donors (Lipinski definition) is 1. The third-order valence-corrected chi connectivity index (χ3v) is 3.41. The predicted octanol–water partition coefficient (Wildman–Crippen LogP) is -0.239. The first-order chi connectivity index (χ1) is 8.99. The minimum Gasteiger partial charge on any atom is -0.467 e. The molecule has 7 nitrogen and oxygen atoms in total. The maximum atomic E-state index is 12.1. The van der Waals surface area contributed by atoms with E-state index in [1.807, 2.05) is 18.7 Å². The van der Waals surface area contributed by atoms with Gasteiger partial charge < -0.3 is 9.47 Å². The van der Waals surface area contributed by atoms with Crippen LogP contribution in [0.4, 0.5) is 0 Å². The Morgan fingerprint density at radius 1 is 1.26 bits per heavy atom. The highest BCUT2D eigenvalue weighted by molar-refractivity contribution is 6.13. The fraction of sp³-hybridized carbons (Fsp3) is 0.750. The van der Waals surface area contributed by atoms with Gasteiger partial charge in [-0.2, -0.15) is 5.10 Å². The fourth-order valence-corrected chi connectivity index (χ4v) is 2.46. The summed E-state index contributed by atoms with van der Waals surface area (Å²) in [6, 6.07) is -0.512. The van der Waals surface area contributed by atoms with Crippen molar-refractivity contribution in [2.75, 3.05) is 27.3 Å². The predicted molar refractivity (Wildman–Crippen MR) is 69.7 cm³/mol. The van der Waals surface area contributed by atoms with E-state index in [0.29, 0.717) is 18.8 Å². The second-order valence-electron chi connectivity index (χ2n) is 4.28. The molecule has 1 aliphatic heterocycles. The van der Waals surface area contributed by atoms with E-state index in [1.54, 1.807) is 6.92 Å². The van der Waals surface area contributed by atoms with Gasteiger partial charge >= 0.3 is 11.9 Å². The molecule has 0 bridgehead atoms. The number of carbonyl (C=O) groups is 2. The van der Waals surface area contributed by atoms with E-state index < -0.39 is 23.5 Å². The first kappa shape index (κ1) is 15.4. The average Bonchev–Trinajstić information content (AvgIpc) is 2.78. The van der Waals surface area contributed by atoms with Crippen LogP contribution < -0.4 is 5.43 Å². The molecule has 1 rings (SSSR count). The van der Waals surface area contributed by atoms with E-state index in [9.17, 15) is 9.59 Å². The SMILES string of the molecule is CCN(CC)[C@H]1C(C)=NNC1(C(=O)OC)C(=O)OC. The van der Waals surface area contributed by atoms with Gasteiger partial charge in [-0.15, -0.1) is 0 Å². The number of ether oxygens (including phenoxy) is 2. The Bertz CT molecular complexity index is 374. The molecule has 0 spiro atoms. The molecule has 0 fully saturated rings. The van der Waals surface area contributed by atoms with Crippen molar-refractivity contribution in [3.8, 4) is 0 Å². The largest absolute Gasteiger partial charge is 0.467 e. The van der Waals surface area contributed by atoms with Gasteiger partial charge in [-0.3, -0.25) is 10.3 Å². The molecule has 1 N–H and O–H groups in total. The number of rotatable bonds is 5. The number of esters is 2. The third kappa shape index (κ3) is 2.30. The lowest BCUT2D eigenvalue weighted by molar-refractivity contribution is -0.165. The summed E-state index contributed by atoms with van der Waals surface area (Å²) >= 11 is 0. The highest BCUT2D eigenvalue weighted by Gasteiger charge is 2.60. The van der Waals surface area contributed by atoms with Crippen LogP contribution in [0.2, 0.25) is 0 Å². The van der Waals surface area contributed by atoms with Crippen LogP contribution in [0.15, 0.2) is 5.10 Å². The normalized spacial score (nSPS) is 20.7. The van der Waals surface area contributed by atoms with Crippen LogP contribution in [0.25, 0.3) is 0 Å². The average molecular weight is 271 g/mol. The summed E-state index contributed by atoms with van der Waals surface area (Å²) in [5.41, 5.74) is 1.64. The molecular weight excluding hydrogens is 250 g/mol. The van der Waals surface area contributed by atoms with Gasteiger partial charge in [0.15, 0.2) is 0 Å². The number of nitrogens with zero attached hydrogens (tertiary/aromatic N) is 2. The number of nitrogens with one attached hydrogen (secondary N) is 1.